The standard InChI is InChI=1S/C17H20N4.2ClH/c1-13(10-18-11-14-5-3-2-4-6-14)21-15-7-8-16-17(9-15)20-12-19-16;;/h2-9,12-13,18,21H,10-11H2,1H3,(H,19,20);2*1H. The average Bonchev–Trinajstić information content (AvgIpc) is 2.96. The Labute approximate surface area is 148 Å². The number of fused-ring (bicyclic) bond motifs is 1. The van der Waals surface area contributed by atoms with E-state index in [0.717, 1.165) is 29.8 Å². The SMILES string of the molecule is CC(CNCc1ccccc1)Nc1ccc2nc[nH]c2c1.Cl.Cl. The second-order valence-electron chi connectivity index (χ2n) is 5.30. The number of hydrogen-bond donors (Lipinski definition) is 3. The number of benzene rings is 2. The van der Waals surface area contributed by atoms with E-state index in [-0.39, 0.29) is 24.8 Å². The number of aromatic nitrogens is 2. The van der Waals surface area contributed by atoms with Crippen LogP contribution in [0.5, 0.6) is 0 Å². The number of aromatic amines is 1. The van der Waals surface area contributed by atoms with Gasteiger partial charge in [-0.25, -0.2) is 4.98 Å². The maximum absolute atomic E-state index is 4.23. The maximum atomic E-state index is 4.23. The van der Waals surface area contributed by atoms with Gasteiger partial charge in [-0.3, -0.25) is 0 Å². The molecule has 3 rings (SSSR count). The highest BCUT2D eigenvalue weighted by molar-refractivity contribution is 5.85. The smallest absolute Gasteiger partial charge is 0.0931 e. The first-order valence-electron chi connectivity index (χ1n) is 7.25. The van der Waals surface area contributed by atoms with Crippen molar-refractivity contribution in [1.82, 2.24) is 15.3 Å². The Bertz CT molecular complexity index is 700. The summed E-state index contributed by atoms with van der Waals surface area (Å²) in [7, 11) is 0. The van der Waals surface area contributed by atoms with Crippen molar-refractivity contribution in [1.29, 1.82) is 0 Å². The minimum atomic E-state index is 0. The van der Waals surface area contributed by atoms with Gasteiger partial charge in [0.15, 0.2) is 0 Å². The monoisotopic (exact) mass is 352 g/mol. The summed E-state index contributed by atoms with van der Waals surface area (Å²) >= 11 is 0. The highest BCUT2D eigenvalue weighted by Crippen LogP contribution is 2.16. The highest BCUT2D eigenvalue weighted by Gasteiger charge is 2.03. The molecule has 0 bridgehead atoms. The molecule has 124 valence electrons. The van der Waals surface area contributed by atoms with Crippen molar-refractivity contribution in [3.05, 3.63) is 60.4 Å². The van der Waals surface area contributed by atoms with E-state index in [0.29, 0.717) is 6.04 Å². The zero-order valence-electron chi connectivity index (χ0n) is 13.0. The van der Waals surface area contributed by atoms with Crippen LogP contribution in [-0.4, -0.2) is 22.6 Å². The van der Waals surface area contributed by atoms with Crippen molar-refractivity contribution in [2.75, 3.05) is 11.9 Å². The number of nitrogens with one attached hydrogen (secondary N) is 3. The van der Waals surface area contributed by atoms with Gasteiger partial charge in [0.1, 0.15) is 0 Å². The molecule has 1 unspecified atom stereocenters. The number of H-pyrrole nitrogens is 1. The molecule has 3 N–H and O–H groups in total. The van der Waals surface area contributed by atoms with Gasteiger partial charge in [-0.2, -0.15) is 0 Å². The van der Waals surface area contributed by atoms with Crippen LogP contribution in [0.3, 0.4) is 0 Å². The molecule has 1 aromatic heterocycles. The highest BCUT2D eigenvalue weighted by atomic mass is 35.5. The fourth-order valence-corrected chi connectivity index (χ4v) is 2.39. The second-order valence-corrected chi connectivity index (χ2v) is 5.30. The zero-order chi connectivity index (χ0) is 14.5. The third-order valence-corrected chi connectivity index (χ3v) is 3.46. The first-order chi connectivity index (χ1) is 10.3. The Morgan fingerprint density at radius 2 is 1.87 bits per heavy atom. The Hall–Kier alpha value is -1.75. The topological polar surface area (TPSA) is 52.7 Å². The molecule has 0 radical (unpaired) electrons. The van der Waals surface area contributed by atoms with E-state index in [1.807, 2.05) is 12.1 Å². The van der Waals surface area contributed by atoms with Crippen LogP contribution >= 0.6 is 24.8 Å². The molecule has 1 atom stereocenters. The van der Waals surface area contributed by atoms with Gasteiger partial charge in [-0.05, 0) is 30.7 Å². The maximum Gasteiger partial charge on any atom is 0.0931 e. The molecule has 23 heavy (non-hydrogen) atoms. The lowest BCUT2D eigenvalue weighted by Crippen LogP contribution is -2.30. The molecular formula is C17H22Cl2N4. The molecule has 6 heteroatoms. The Morgan fingerprint density at radius 1 is 1.09 bits per heavy atom. The summed E-state index contributed by atoms with van der Waals surface area (Å²) in [5, 5.41) is 6.97. The van der Waals surface area contributed by atoms with Crippen LogP contribution < -0.4 is 10.6 Å². The van der Waals surface area contributed by atoms with Crippen LogP contribution in [0, 0.1) is 0 Å². The molecule has 0 amide bonds. The molecule has 0 aliphatic heterocycles. The van der Waals surface area contributed by atoms with Crippen molar-refractivity contribution >= 4 is 41.5 Å². The van der Waals surface area contributed by atoms with E-state index < -0.39 is 0 Å². The van der Waals surface area contributed by atoms with Gasteiger partial charge in [0.25, 0.3) is 0 Å². The van der Waals surface area contributed by atoms with E-state index in [1.165, 1.54) is 5.56 Å². The van der Waals surface area contributed by atoms with Crippen molar-refractivity contribution in [3.63, 3.8) is 0 Å². The average molecular weight is 353 g/mol. The van der Waals surface area contributed by atoms with Crippen LogP contribution in [0.1, 0.15) is 12.5 Å². The lowest BCUT2D eigenvalue weighted by Gasteiger charge is -2.16. The third kappa shape index (κ3) is 5.43. The van der Waals surface area contributed by atoms with Gasteiger partial charge in [-0.1, -0.05) is 30.3 Å². The molecule has 0 saturated heterocycles. The van der Waals surface area contributed by atoms with Crippen LogP contribution in [0.15, 0.2) is 54.9 Å². The van der Waals surface area contributed by atoms with E-state index in [4.69, 9.17) is 0 Å². The van der Waals surface area contributed by atoms with Gasteiger partial charge in [0.05, 0.1) is 17.4 Å². The van der Waals surface area contributed by atoms with Gasteiger partial charge in [-0.15, -0.1) is 24.8 Å². The lowest BCUT2D eigenvalue weighted by molar-refractivity contribution is 0.632. The zero-order valence-corrected chi connectivity index (χ0v) is 14.6. The normalized spacial score (nSPS) is 11.3. The molecule has 0 spiro atoms. The van der Waals surface area contributed by atoms with Gasteiger partial charge in [0, 0.05) is 24.8 Å². The molecule has 0 aliphatic carbocycles. The largest absolute Gasteiger partial charge is 0.381 e. The fourth-order valence-electron chi connectivity index (χ4n) is 2.39. The fraction of sp³-hybridized carbons (Fsp3) is 0.235. The molecule has 0 saturated carbocycles. The second kappa shape index (κ2) is 9.40. The van der Waals surface area contributed by atoms with Gasteiger partial charge in [0.2, 0.25) is 0 Å². The number of halogens is 2. The summed E-state index contributed by atoms with van der Waals surface area (Å²) in [6, 6.07) is 17.0. The van der Waals surface area contributed by atoms with Crippen molar-refractivity contribution < 1.29 is 0 Å². The molecule has 4 nitrogen and oxygen atoms in total. The Morgan fingerprint density at radius 3 is 2.65 bits per heavy atom. The summed E-state index contributed by atoms with van der Waals surface area (Å²) in [5.41, 5.74) is 4.48. The summed E-state index contributed by atoms with van der Waals surface area (Å²) in [6.07, 6.45) is 1.72. The van der Waals surface area contributed by atoms with Crippen molar-refractivity contribution in [3.8, 4) is 0 Å². The van der Waals surface area contributed by atoms with E-state index in [1.54, 1.807) is 6.33 Å². The Balaban J connectivity index is 0.00000132. The Kier molecular flexibility index (Phi) is 7.89. The molecule has 3 aromatic rings. The molecule has 2 aromatic carbocycles. The van der Waals surface area contributed by atoms with Crippen LogP contribution in [0.2, 0.25) is 0 Å². The summed E-state index contributed by atoms with van der Waals surface area (Å²) in [4.78, 5) is 7.36. The molecule has 1 heterocycles. The molecule has 0 fully saturated rings. The van der Waals surface area contributed by atoms with Crippen LogP contribution in [0.4, 0.5) is 5.69 Å². The first kappa shape index (κ1) is 19.3. The molecular weight excluding hydrogens is 331 g/mol. The molecule has 0 aliphatic rings. The summed E-state index contributed by atoms with van der Waals surface area (Å²) < 4.78 is 0. The predicted molar refractivity (Wildman–Crippen MR) is 102 cm³/mol. The first-order valence-corrected chi connectivity index (χ1v) is 7.25. The minimum Gasteiger partial charge on any atom is -0.381 e. The van der Waals surface area contributed by atoms with Gasteiger partial charge < -0.3 is 15.6 Å². The summed E-state index contributed by atoms with van der Waals surface area (Å²) in [5.74, 6) is 0. The third-order valence-electron chi connectivity index (χ3n) is 3.46. The van der Waals surface area contributed by atoms with Gasteiger partial charge >= 0.3 is 0 Å². The number of nitrogens with zero attached hydrogens (tertiary/aromatic N) is 1. The van der Waals surface area contributed by atoms with E-state index in [9.17, 15) is 0 Å². The number of hydrogen-bond acceptors (Lipinski definition) is 3. The quantitative estimate of drug-likeness (QED) is 0.628. The van der Waals surface area contributed by atoms with Crippen molar-refractivity contribution in [2.45, 2.75) is 19.5 Å². The van der Waals surface area contributed by atoms with Crippen LogP contribution in [-0.2, 0) is 6.54 Å². The van der Waals surface area contributed by atoms with Crippen molar-refractivity contribution in [2.24, 2.45) is 0 Å². The lowest BCUT2D eigenvalue weighted by atomic mass is 10.2. The number of rotatable bonds is 6. The predicted octanol–water partition coefficient (Wildman–Crippen LogP) is 4.00. The van der Waals surface area contributed by atoms with E-state index in [2.05, 4.69) is 63.9 Å². The number of anilines is 1. The van der Waals surface area contributed by atoms with Crippen LogP contribution in [0.25, 0.3) is 11.0 Å². The van der Waals surface area contributed by atoms with E-state index >= 15 is 0 Å². The number of imidazole rings is 1. The minimum absolute atomic E-state index is 0. The summed E-state index contributed by atoms with van der Waals surface area (Å²) in [6.45, 7) is 3.98.